The van der Waals surface area contributed by atoms with Crippen LogP contribution in [-0.2, 0) is 0 Å². The van der Waals surface area contributed by atoms with Crippen molar-refractivity contribution in [1.29, 1.82) is 5.26 Å². The third kappa shape index (κ3) is 2.81. The average molecular weight is 260 g/mol. The molecule has 2 atom stereocenters. The van der Waals surface area contributed by atoms with Gasteiger partial charge in [-0.15, -0.1) is 0 Å². The molecule has 19 heavy (non-hydrogen) atoms. The normalized spacial score (nSPS) is 22.9. The molecule has 2 heterocycles. The second kappa shape index (κ2) is 5.22. The van der Waals surface area contributed by atoms with Crippen LogP contribution in [0.2, 0.25) is 0 Å². The summed E-state index contributed by atoms with van der Waals surface area (Å²) in [4.78, 5) is 16.4. The fourth-order valence-electron chi connectivity index (χ4n) is 2.70. The molecule has 2 unspecified atom stereocenters. The quantitative estimate of drug-likeness (QED) is 0.602. The predicted octanol–water partition coefficient (Wildman–Crippen LogP) is 2.34. The first-order valence-corrected chi connectivity index (χ1v) is 6.31. The smallest absolute Gasteiger partial charge is 0.305 e. The number of nitro groups is 1. The van der Waals surface area contributed by atoms with E-state index in [4.69, 9.17) is 5.26 Å². The summed E-state index contributed by atoms with van der Waals surface area (Å²) in [5.74, 6) is 1.78. The lowest BCUT2D eigenvalue weighted by molar-refractivity contribution is -0.385. The molecule has 2 rings (SSSR count). The number of nitriles is 1. The van der Waals surface area contributed by atoms with Crippen LogP contribution in [-0.4, -0.2) is 23.0 Å². The zero-order valence-electron chi connectivity index (χ0n) is 11.0. The molecule has 0 saturated carbocycles. The summed E-state index contributed by atoms with van der Waals surface area (Å²) in [6, 6.07) is 4.79. The summed E-state index contributed by atoms with van der Waals surface area (Å²) in [5, 5.41) is 19.7. The molecule has 6 heteroatoms. The molecule has 0 N–H and O–H groups in total. The first kappa shape index (κ1) is 13.3. The van der Waals surface area contributed by atoms with Gasteiger partial charge in [-0.1, -0.05) is 13.8 Å². The topological polar surface area (TPSA) is 83.1 Å². The largest absolute Gasteiger partial charge is 0.356 e. The molecule has 0 amide bonds. The Morgan fingerprint density at radius 2 is 2.05 bits per heavy atom. The summed E-state index contributed by atoms with van der Waals surface area (Å²) in [6.07, 6.45) is 1.18. The van der Waals surface area contributed by atoms with Gasteiger partial charge in [0.15, 0.2) is 0 Å². The lowest BCUT2D eigenvalue weighted by atomic mass is 9.92. The zero-order valence-corrected chi connectivity index (χ0v) is 11.0. The van der Waals surface area contributed by atoms with Crippen LogP contribution in [0.1, 0.15) is 26.0 Å². The van der Waals surface area contributed by atoms with Gasteiger partial charge in [0.1, 0.15) is 11.9 Å². The van der Waals surface area contributed by atoms with E-state index < -0.39 is 4.92 Å². The molecule has 1 fully saturated rings. The average Bonchev–Trinajstić information content (AvgIpc) is 2.36. The molecule has 0 aliphatic carbocycles. The van der Waals surface area contributed by atoms with Crippen molar-refractivity contribution in [2.45, 2.75) is 20.3 Å². The van der Waals surface area contributed by atoms with Crippen molar-refractivity contribution in [3.05, 3.63) is 27.9 Å². The van der Waals surface area contributed by atoms with Gasteiger partial charge in [0.05, 0.1) is 4.92 Å². The van der Waals surface area contributed by atoms with Crippen molar-refractivity contribution < 1.29 is 4.92 Å². The van der Waals surface area contributed by atoms with Crippen LogP contribution >= 0.6 is 0 Å². The van der Waals surface area contributed by atoms with Crippen molar-refractivity contribution in [2.24, 2.45) is 11.8 Å². The van der Waals surface area contributed by atoms with Crippen molar-refractivity contribution in [1.82, 2.24) is 4.98 Å². The van der Waals surface area contributed by atoms with Gasteiger partial charge in [0.2, 0.25) is 5.69 Å². The Balaban J connectivity index is 2.31. The Kier molecular flexibility index (Phi) is 3.65. The fraction of sp³-hybridized carbons (Fsp3) is 0.538. The van der Waals surface area contributed by atoms with E-state index in [1.807, 2.05) is 0 Å². The standard InChI is InChI=1S/C13H16N4O2/c1-9-5-10(2)8-16(7-9)13-4-3-12(17(18)19)11(6-14)15-13/h3-4,9-10H,5,7-8H2,1-2H3. The molecule has 6 nitrogen and oxygen atoms in total. The summed E-state index contributed by atoms with van der Waals surface area (Å²) in [6.45, 7) is 6.11. The molecule has 1 aromatic heterocycles. The second-order valence-corrected chi connectivity index (χ2v) is 5.26. The highest BCUT2D eigenvalue weighted by atomic mass is 16.6. The van der Waals surface area contributed by atoms with Gasteiger partial charge < -0.3 is 4.90 Å². The highest BCUT2D eigenvalue weighted by Gasteiger charge is 2.24. The van der Waals surface area contributed by atoms with Gasteiger partial charge in [-0.25, -0.2) is 4.98 Å². The van der Waals surface area contributed by atoms with E-state index in [-0.39, 0.29) is 11.4 Å². The van der Waals surface area contributed by atoms with E-state index in [2.05, 4.69) is 23.7 Å². The molecule has 1 aromatic rings. The molecule has 0 bridgehead atoms. The number of piperidine rings is 1. The van der Waals surface area contributed by atoms with Gasteiger partial charge >= 0.3 is 5.69 Å². The SMILES string of the molecule is CC1CC(C)CN(c2ccc([N+](=O)[O-])c(C#N)n2)C1. The lowest BCUT2D eigenvalue weighted by Crippen LogP contribution is -2.39. The van der Waals surface area contributed by atoms with Gasteiger partial charge in [-0.3, -0.25) is 10.1 Å². The molecule has 0 radical (unpaired) electrons. The van der Waals surface area contributed by atoms with Crippen LogP contribution in [0.15, 0.2) is 12.1 Å². The van der Waals surface area contributed by atoms with Crippen molar-refractivity contribution in [3.8, 4) is 6.07 Å². The maximum absolute atomic E-state index is 10.8. The Hall–Kier alpha value is -2.16. The Morgan fingerprint density at radius 1 is 1.42 bits per heavy atom. The van der Waals surface area contributed by atoms with E-state index >= 15 is 0 Å². The molecule has 0 aromatic carbocycles. The van der Waals surface area contributed by atoms with E-state index in [1.54, 1.807) is 12.1 Å². The summed E-state index contributed by atoms with van der Waals surface area (Å²) >= 11 is 0. The Labute approximate surface area is 111 Å². The maximum Gasteiger partial charge on any atom is 0.305 e. The first-order chi connectivity index (χ1) is 9.01. The molecule has 1 saturated heterocycles. The van der Waals surface area contributed by atoms with Crippen LogP contribution in [0.3, 0.4) is 0 Å². The lowest BCUT2D eigenvalue weighted by Gasteiger charge is -2.35. The number of nitrogens with zero attached hydrogens (tertiary/aromatic N) is 4. The van der Waals surface area contributed by atoms with Gasteiger partial charge in [-0.05, 0) is 24.3 Å². The predicted molar refractivity (Wildman–Crippen MR) is 70.8 cm³/mol. The highest BCUT2D eigenvalue weighted by molar-refractivity contribution is 5.51. The summed E-state index contributed by atoms with van der Waals surface area (Å²) in [7, 11) is 0. The third-order valence-electron chi connectivity index (χ3n) is 3.35. The monoisotopic (exact) mass is 260 g/mol. The number of hydrogen-bond donors (Lipinski definition) is 0. The Bertz CT molecular complexity index is 528. The molecule has 1 aliphatic rings. The zero-order chi connectivity index (χ0) is 14.0. The van der Waals surface area contributed by atoms with E-state index in [9.17, 15) is 10.1 Å². The van der Waals surface area contributed by atoms with Gasteiger partial charge in [-0.2, -0.15) is 5.26 Å². The second-order valence-electron chi connectivity index (χ2n) is 5.26. The minimum absolute atomic E-state index is 0.117. The molecule has 100 valence electrons. The van der Waals surface area contributed by atoms with Crippen molar-refractivity contribution in [3.63, 3.8) is 0 Å². The van der Waals surface area contributed by atoms with Gasteiger partial charge in [0, 0.05) is 19.2 Å². The van der Waals surface area contributed by atoms with Crippen LogP contribution in [0.5, 0.6) is 0 Å². The molecule has 1 aliphatic heterocycles. The summed E-state index contributed by atoms with van der Waals surface area (Å²) < 4.78 is 0. The maximum atomic E-state index is 10.8. The van der Waals surface area contributed by atoms with Crippen LogP contribution in [0, 0.1) is 33.3 Å². The minimum atomic E-state index is -0.573. The van der Waals surface area contributed by atoms with Crippen molar-refractivity contribution >= 4 is 11.5 Å². The van der Waals surface area contributed by atoms with Crippen molar-refractivity contribution in [2.75, 3.05) is 18.0 Å². The number of pyridine rings is 1. The number of anilines is 1. The van der Waals surface area contributed by atoms with E-state index in [1.165, 1.54) is 12.5 Å². The fourth-order valence-corrected chi connectivity index (χ4v) is 2.70. The van der Waals surface area contributed by atoms with Crippen LogP contribution in [0.4, 0.5) is 11.5 Å². The highest BCUT2D eigenvalue weighted by Crippen LogP contribution is 2.27. The van der Waals surface area contributed by atoms with Gasteiger partial charge in [0.25, 0.3) is 0 Å². The van der Waals surface area contributed by atoms with E-state index in [0.29, 0.717) is 17.7 Å². The Morgan fingerprint density at radius 3 is 2.58 bits per heavy atom. The third-order valence-corrected chi connectivity index (χ3v) is 3.35. The molecular formula is C13H16N4O2. The van der Waals surface area contributed by atoms with Crippen LogP contribution in [0.25, 0.3) is 0 Å². The van der Waals surface area contributed by atoms with Crippen LogP contribution < -0.4 is 4.90 Å². The summed E-state index contributed by atoms with van der Waals surface area (Å²) in [5.41, 5.74) is -0.349. The molecular weight excluding hydrogens is 244 g/mol. The minimum Gasteiger partial charge on any atom is -0.356 e. The first-order valence-electron chi connectivity index (χ1n) is 6.31. The number of aromatic nitrogens is 1. The number of rotatable bonds is 2. The number of hydrogen-bond acceptors (Lipinski definition) is 5. The van der Waals surface area contributed by atoms with E-state index in [0.717, 1.165) is 13.1 Å². The molecule has 0 spiro atoms.